The van der Waals surface area contributed by atoms with Crippen molar-refractivity contribution in [1.29, 1.82) is 0 Å². The smallest absolute Gasteiger partial charge is 0.107 e. The number of thiocarbonyl (C=S) groups is 1. The molecule has 0 saturated heterocycles. The quantitative estimate of drug-likeness (QED) is 0.427. The van der Waals surface area contributed by atoms with Crippen LogP contribution in [0.3, 0.4) is 0 Å². The first kappa shape index (κ1) is 13.1. The molecule has 0 saturated carbocycles. The van der Waals surface area contributed by atoms with Gasteiger partial charge >= 0.3 is 0 Å². The third-order valence-electron chi connectivity index (χ3n) is 1.94. The lowest BCUT2D eigenvalue weighted by Crippen LogP contribution is -1.85. The van der Waals surface area contributed by atoms with Crippen LogP contribution in [0.2, 0.25) is 0 Å². The van der Waals surface area contributed by atoms with E-state index in [1.165, 1.54) is 23.3 Å². The molecule has 0 unspecified atom stereocenters. The SMILES string of the molecule is CCCCSC(=S)Sc1ccc(C)cc1. The summed E-state index contributed by atoms with van der Waals surface area (Å²) in [6, 6.07) is 8.52. The third-order valence-corrected chi connectivity index (χ3v) is 4.55. The van der Waals surface area contributed by atoms with Gasteiger partial charge in [-0.25, -0.2) is 0 Å². The standard InChI is InChI=1S/C12H16S3/c1-3-4-9-14-12(13)15-11-7-5-10(2)6-8-11/h5-8H,3-4,9H2,1-2H3. The fourth-order valence-electron chi connectivity index (χ4n) is 1.03. The average Bonchev–Trinajstić information content (AvgIpc) is 2.22. The Bertz CT molecular complexity index is 303. The lowest BCUT2D eigenvalue weighted by Gasteiger charge is -2.03. The molecule has 0 spiro atoms. The molecule has 82 valence electrons. The van der Waals surface area contributed by atoms with Crippen molar-refractivity contribution in [2.45, 2.75) is 31.6 Å². The number of rotatable bonds is 4. The minimum absolute atomic E-state index is 1.03. The van der Waals surface area contributed by atoms with E-state index in [1.807, 2.05) is 0 Å². The summed E-state index contributed by atoms with van der Waals surface area (Å²) in [7, 11) is 0. The molecule has 1 aromatic rings. The van der Waals surface area contributed by atoms with E-state index >= 15 is 0 Å². The molecule has 0 atom stereocenters. The first-order valence-corrected chi connectivity index (χ1v) is 7.34. The first-order valence-electron chi connectivity index (χ1n) is 5.13. The third kappa shape index (κ3) is 5.59. The number of hydrogen-bond donors (Lipinski definition) is 0. The number of hydrogen-bond acceptors (Lipinski definition) is 3. The van der Waals surface area contributed by atoms with Crippen LogP contribution in [0, 0.1) is 6.92 Å². The second kappa shape index (κ2) is 7.31. The lowest BCUT2D eigenvalue weighted by molar-refractivity contribution is 0.898. The number of aryl methyl sites for hydroxylation is 1. The van der Waals surface area contributed by atoms with Crippen LogP contribution in [-0.4, -0.2) is 9.28 Å². The molecule has 0 heterocycles. The molecule has 0 aromatic heterocycles. The molecule has 0 aliphatic rings. The van der Waals surface area contributed by atoms with Gasteiger partial charge in [-0.3, -0.25) is 0 Å². The zero-order chi connectivity index (χ0) is 11.1. The van der Waals surface area contributed by atoms with Gasteiger partial charge in [-0.15, -0.1) is 11.8 Å². The van der Waals surface area contributed by atoms with Crippen molar-refractivity contribution < 1.29 is 0 Å². The topological polar surface area (TPSA) is 0 Å². The molecule has 0 radical (unpaired) electrons. The minimum Gasteiger partial charge on any atom is -0.107 e. The van der Waals surface area contributed by atoms with Gasteiger partial charge in [0.25, 0.3) is 0 Å². The molecule has 15 heavy (non-hydrogen) atoms. The van der Waals surface area contributed by atoms with Crippen LogP contribution < -0.4 is 0 Å². The summed E-state index contributed by atoms with van der Waals surface area (Å²) >= 11 is 8.80. The molecule has 1 aromatic carbocycles. The highest BCUT2D eigenvalue weighted by Gasteiger charge is 2.00. The van der Waals surface area contributed by atoms with Crippen LogP contribution >= 0.6 is 35.7 Å². The van der Waals surface area contributed by atoms with Gasteiger partial charge < -0.3 is 0 Å². The molecular formula is C12H16S3. The molecule has 0 nitrogen and oxygen atoms in total. The lowest BCUT2D eigenvalue weighted by atomic mass is 10.2. The molecule has 0 N–H and O–H groups in total. The fourth-order valence-corrected chi connectivity index (χ4v) is 3.41. The van der Waals surface area contributed by atoms with E-state index in [0.29, 0.717) is 0 Å². The Morgan fingerprint density at radius 1 is 1.27 bits per heavy atom. The summed E-state index contributed by atoms with van der Waals surface area (Å²) in [4.78, 5) is 1.24. The highest BCUT2D eigenvalue weighted by Crippen LogP contribution is 2.26. The zero-order valence-electron chi connectivity index (χ0n) is 9.16. The molecule has 0 bridgehead atoms. The Balaban J connectivity index is 2.34. The maximum absolute atomic E-state index is 5.31. The Morgan fingerprint density at radius 3 is 2.53 bits per heavy atom. The van der Waals surface area contributed by atoms with Gasteiger partial charge in [0.1, 0.15) is 3.53 Å². The van der Waals surface area contributed by atoms with Gasteiger partial charge in [0, 0.05) is 4.90 Å². The number of unbranched alkanes of at least 4 members (excludes halogenated alkanes) is 1. The summed E-state index contributed by atoms with van der Waals surface area (Å²) in [5, 5.41) is 0. The Kier molecular flexibility index (Phi) is 6.37. The molecule has 0 amide bonds. The highest BCUT2D eigenvalue weighted by atomic mass is 32.2. The van der Waals surface area contributed by atoms with Crippen molar-refractivity contribution in [1.82, 2.24) is 0 Å². The van der Waals surface area contributed by atoms with Gasteiger partial charge in [-0.1, -0.05) is 55.0 Å². The van der Waals surface area contributed by atoms with Crippen molar-refractivity contribution in [3.8, 4) is 0 Å². The summed E-state index contributed by atoms with van der Waals surface area (Å²) in [5.74, 6) is 1.15. The summed E-state index contributed by atoms with van der Waals surface area (Å²) < 4.78 is 1.03. The van der Waals surface area contributed by atoms with E-state index in [0.717, 1.165) is 9.28 Å². The van der Waals surface area contributed by atoms with Crippen molar-refractivity contribution in [2.75, 3.05) is 5.75 Å². The van der Waals surface area contributed by atoms with Crippen LogP contribution in [0.15, 0.2) is 29.2 Å². The Morgan fingerprint density at radius 2 is 1.93 bits per heavy atom. The van der Waals surface area contributed by atoms with Gasteiger partial charge in [0.2, 0.25) is 0 Å². The first-order chi connectivity index (χ1) is 7.22. The van der Waals surface area contributed by atoms with Gasteiger partial charge in [0.15, 0.2) is 0 Å². The van der Waals surface area contributed by atoms with Crippen LogP contribution in [0.4, 0.5) is 0 Å². The van der Waals surface area contributed by atoms with Gasteiger partial charge in [-0.2, -0.15) is 0 Å². The molecule has 0 aliphatic heterocycles. The van der Waals surface area contributed by atoms with E-state index in [9.17, 15) is 0 Å². The van der Waals surface area contributed by atoms with Crippen LogP contribution in [0.5, 0.6) is 0 Å². The van der Waals surface area contributed by atoms with Crippen molar-refractivity contribution in [3.05, 3.63) is 29.8 Å². The van der Waals surface area contributed by atoms with E-state index in [4.69, 9.17) is 12.2 Å². The average molecular weight is 256 g/mol. The minimum atomic E-state index is 1.03. The summed E-state index contributed by atoms with van der Waals surface area (Å²) in [5.41, 5.74) is 1.30. The molecule has 0 aliphatic carbocycles. The van der Waals surface area contributed by atoms with Crippen molar-refractivity contribution in [3.63, 3.8) is 0 Å². The largest absolute Gasteiger partial charge is 0.109 e. The van der Waals surface area contributed by atoms with E-state index in [2.05, 4.69) is 38.1 Å². The molecule has 1 rings (SSSR count). The molecule has 0 fully saturated rings. The highest BCUT2D eigenvalue weighted by molar-refractivity contribution is 8.47. The molecular weight excluding hydrogens is 240 g/mol. The van der Waals surface area contributed by atoms with Crippen LogP contribution in [0.1, 0.15) is 25.3 Å². The predicted molar refractivity (Wildman–Crippen MR) is 77.0 cm³/mol. The van der Waals surface area contributed by atoms with Crippen LogP contribution in [0.25, 0.3) is 0 Å². The van der Waals surface area contributed by atoms with Gasteiger partial charge in [0.05, 0.1) is 0 Å². The number of thioether (sulfide) groups is 2. The zero-order valence-corrected chi connectivity index (χ0v) is 11.6. The van der Waals surface area contributed by atoms with E-state index < -0.39 is 0 Å². The monoisotopic (exact) mass is 256 g/mol. The van der Waals surface area contributed by atoms with E-state index in [1.54, 1.807) is 23.5 Å². The summed E-state index contributed by atoms with van der Waals surface area (Å²) in [6.45, 7) is 4.31. The molecule has 3 heteroatoms. The Labute approximate surface area is 106 Å². The maximum atomic E-state index is 5.31. The van der Waals surface area contributed by atoms with Gasteiger partial charge in [-0.05, 0) is 31.2 Å². The van der Waals surface area contributed by atoms with Crippen molar-refractivity contribution in [2.24, 2.45) is 0 Å². The maximum Gasteiger partial charge on any atom is 0.109 e. The Hall–Kier alpha value is 0.01000. The van der Waals surface area contributed by atoms with Crippen LogP contribution in [-0.2, 0) is 0 Å². The summed E-state index contributed by atoms with van der Waals surface area (Å²) in [6.07, 6.45) is 2.49. The second-order valence-corrected chi connectivity index (χ2v) is 6.74. The second-order valence-electron chi connectivity index (χ2n) is 3.37. The van der Waals surface area contributed by atoms with E-state index in [-0.39, 0.29) is 0 Å². The number of benzene rings is 1. The normalized spacial score (nSPS) is 10.3. The fraction of sp³-hybridized carbons (Fsp3) is 0.417. The predicted octanol–water partition coefficient (Wildman–Crippen LogP) is 4.91. The van der Waals surface area contributed by atoms with Crippen molar-refractivity contribution >= 4 is 39.3 Å².